The van der Waals surface area contributed by atoms with Crippen molar-refractivity contribution in [1.29, 1.82) is 0 Å². The van der Waals surface area contributed by atoms with E-state index in [2.05, 4.69) is 0 Å². The number of cyclic esters (lactones) is 1. The lowest BCUT2D eigenvalue weighted by molar-refractivity contribution is -0.221. The Morgan fingerprint density at radius 3 is 2.48 bits per heavy atom. The zero-order valence-corrected chi connectivity index (χ0v) is 16.9. The van der Waals surface area contributed by atoms with Gasteiger partial charge < -0.3 is 34.3 Å². The first-order chi connectivity index (χ1) is 13.5. The highest BCUT2D eigenvalue weighted by Gasteiger charge is 3.05. The minimum Gasteiger partial charge on any atom is -0.458 e. The largest absolute Gasteiger partial charge is 0.458 e. The van der Waals surface area contributed by atoms with Crippen molar-refractivity contribution in [3.63, 3.8) is 0 Å². The number of rotatable bonds is 1. The average molecular weight is 406 g/mol. The van der Waals surface area contributed by atoms with E-state index >= 15 is 0 Å². The van der Waals surface area contributed by atoms with Crippen molar-refractivity contribution in [2.45, 2.75) is 93.0 Å². The third-order valence-electron chi connectivity index (χ3n) is 9.87. The van der Waals surface area contributed by atoms with Crippen LogP contribution < -0.4 is 0 Å². The summed E-state index contributed by atoms with van der Waals surface area (Å²) >= 11 is 0. The van der Waals surface area contributed by atoms with Crippen LogP contribution in [0.1, 0.15) is 40.5 Å². The topological polar surface area (TPSA) is 125 Å². The first-order valence-electron chi connectivity index (χ1n) is 10.5. The van der Waals surface area contributed by atoms with Crippen molar-refractivity contribution in [1.82, 2.24) is 0 Å². The summed E-state index contributed by atoms with van der Waals surface area (Å²) in [5.41, 5.74) is -6.08. The lowest BCUT2D eigenvalue weighted by Gasteiger charge is -2.60. The van der Waals surface area contributed by atoms with Gasteiger partial charge in [-0.2, -0.15) is 0 Å². The summed E-state index contributed by atoms with van der Waals surface area (Å²) in [7, 11) is 0. The number of aliphatic hydroxyl groups excluding tert-OH is 1. The van der Waals surface area contributed by atoms with E-state index in [1.54, 1.807) is 6.92 Å². The predicted molar refractivity (Wildman–Crippen MR) is 94.6 cm³/mol. The zero-order chi connectivity index (χ0) is 20.6. The van der Waals surface area contributed by atoms with Crippen LogP contribution >= 0.6 is 0 Å². The Morgan fingerprint density at radius 1 is 1.07 bits per heavy atom. The molecular formula is C21H26O8. The van der Waals surface area contributed by atoms with E-state index < -0.39 is 51.6 Å². The van der Waals surface area contributed by atoms with Crippen LogP contribution in [0.2, 0.25) is 0 Å². The molecule has 3 aliphatic carbocycles. The number of aliphatic hydroxyl groups is 3. The molecule has 2 saturated carbocycles. The Labute approximate surface area is 167 Å². The molecule has 2 spiro atoms. The molecule has 0 amide bonds. The molecule has 10 atom stereocenters. The van der Waals surface area contributed by atoms with E-state index in [1.807, 2.05) is 20.8 Å². The molecule has 0 bridgehead atoms. The number of esters is 1. The Morgan fingerprint density at radius 2 is 1.79 bits per heavy atom. The molecular weight excluding hydrogens is 380 g/mol. The van der Waals surface area contributed by atoms with Crippen LogP contribution in [0.3, 0.4) is 0 Å². The number of epoxide rings is 3. The number of carbonyl (C=O) groups is 1. The first-order valence-corrected chi connectivity index (χ1v) is 10.5. The molecule has 8 heteroatoms. The standard InChI is InChI=1S/C21H26O8/c1-8(2)19-13(28-19)14-21(29-14)16(3)11(22)5-9-10(7-26-15(9)23)18(16,25)6-12-20(21,27-12)17(19,4)24/h8,11-14,22,24-25H,5-7H2,1-4H3/t11-,12+,13+,14+,16+,17-,18-,19+,20-,21-/m1/s1. The van der Waals surface area contributed by atoms with Gasteiger partial charge in [-0.05, 0) is 12.8 Å². The van der Waals surface area contributed by atoms with Gasteiger partial charge >= 0.3 is 5.97 Å². The third-order valence-corrected chi connectivity index (χ3v) is 9.87. The minimum absolute atomic E-state index is 0.0136. The van der Waals surface area contributed by atoms with Crippen LogP contribution in [0.4, 0.5) is 0 Å². The molecule has 158 valence electrons. The normalized spacial score (nSPS) is 65.6. The van der Waals surface area contributed by atoms with Gasteiger partial charge in [0.2, 0.25) is 0 Å². The van der Waals surface area contributed by atoms with Crippen LogP contribution in [-0.4, -0.2) is 80.3 Å². The van der Waals surface area contributed by atoms with Crippen molar-refractivity contribution in [2.75, 3.05) is 6.61 Å². The second kappa shape index (κ2) is 4.18. The number of carbonyl (C=O) groups excluding carboxylic acids is 1. The van der Waals surface area contributed by atoms with Crippen LogP contribution in [0.5, 0.6) is 0 Å². The van der Waals surface area contributed by atoms with E-state index in [0.29, 0.717) is 11.1 Å². The lowest BCUT2D eigenvalue weighted by Crippen LogP contribution is -2.80. The first kappa shape index (κ1) is 17.6. The molecule has 8 nitrogen and oxygen atoms in total. The van der Waals surface area contributed by atoms with Gasteiger partial charge in [-0.3, -0.25) is 0 Å². The number of hydrogen-bond donors (Lipinski definition) is 3. The van der Waals surface area contributed by atoms with Crippen molar-refractivity contribution in [2.24, 2.45) is 11.3 Å². The summed E-state index contributed by atoms with van der Waals surface area (Å²) in [5.74, 6) is -0.433. The van der Waals surface area contributed by atoms with E-state index in [-0.39, 0.29) is 37.6 Å². The highest BCUT2D eigenvalue weighted by Crippen LogP contribution is 2.85. The van der Waals surface area contributed by atoms with Crippen molar-refractivity contribution in [3.05, 3.63) is 11.1 Å². The average Bonchev–Trinajstić information content (AvgIpc) is 3.52. The molecule has 0 unspecified atom stereocenters. The molecule has 0 aromatic carbocycles. The van der Waals surface area contributed by atoms with Crippen molar-refractivity contribution < 1.29 is 39.1 Å². The maximum absolute atomic E-state index is 12.2. The van der Waals surface area contributed by atoms with Gasteiger partial charge in [0, 0.05) is 24.0 Å². The van der Waals surface area contributed by atoms with Gasteiger partial charge in [0.1, 0.15) is 41.2 Å². The lowest BCUT2D eigenvalue weighted by atomic mass is 9.42. The molecule has 7 aliphatic rings. The summed E-state index contributed by atoms with van der Waals surface area (Å²) in [6.07, 6.45) is -1.96. The summed E-state index contributed by atoms with van der Waals surface area (Å²) in [5, 5.41) is 35.3. The van der Waals surface area contributed by atoms with Crippen LogP contribution in [0.25, 0.3) is 0 Å². The van der Waals surface area contributed by atoms with E-state index in [1.165, 1.54) is 0 Å². The molecule has 5 fully saturated rings. The summed E-state index contributed by atoms with van der Waals surface area (Å²) < 4.78 is 24.0. The molecule has 7 rings (SSSR count). The molecule has 29 heavy (non-hydrogen) atoms. The van der Waals surface area contributed by atoms with Crippen LogP contribution in [0, 0.1) is 11.3 Å². The Hall–Kier alpha value is -1.03. The molecule has 3 saturated heterocycles. The second-order valence-corrected chi connectivity index (χ2v) is 10.7. The highest BCUT2D eigenvalue weighted by atomic mass is 16.8. The fourth-order valence-electron chi connectivity index (χ4n) is 8.36. The number of fused-ring (bicyclic) bond motifs is 4. The Bertz CT molecular complexity index is 941. The molecule has 4 heterocycles. The summed E-state index contributed by atoms with van der Waals surface area (Å²) in [4.78, 5) is 12.2. The fraction of sp³-hybridized carbons (Fsp3) is 0.857. The Kier molecular flexibility index (Phi) is 2.54. The highest BCUT2D eigenvalue weighted by molar-refractivity contribution is 5.93. The summed E-state index contributed by atoms with van der Waals surface area (Å²) in [6.45, 7) is 7.62. The molecule has 0 aromatic rings. The van der Waals surface area contributed by atoms with Gasteiger partial charge in [-0.1, -0.05) is 20.8 Å². The monoisotopic (exact) mass is 406 g/mol. The van der Waals surface area contributed by atoms with E-state index in [9.17, 15) is 20.1 Å². The maximum Gasteiger partial charge on any atom is 0.334 e. The quantitative estimate of drug-likeness (QED) is 0.396. The van der Waals surface area contributed by atoms with Gasteiger partial charge in [-0.25, -0.2) is 4.79 Å². The predicted octanol–water partition coefficient (Wildman–Crippen LogP) is -0.421. The number of ether oxygens (including phenoxy) is 4. The fourth-order valence-corrected chi connectivity index (χ4v) is 8.36. The maximum atomic E-state index is 12.2. The smallest absolute Gasteiger partial charge is 0.334 e. The summed E-state index contributed by atoms with van der Waals surface area (Å²) in [6, 6.07) is 0. The van der Waals surface area contributed by atoms with Gasteiger partial charge in [-0.15, -0.1) is 0 Å². The zero-order valence-electron chi connectivity index (χ0n) is 16.9. The Balaban J connectivity index is 1.47. The van der Waals surface area contributed by atoms with Crippen LogP contribution in [0.15, 0.2) is 11.1 Å². The van der Waals surface area contributed by atoms with Crippen molar-refractivity contribution in [3.8, 4) is 0 Å². The number of hydrogen-bond acceptors (Lipinski definition) is 8. The molecule has 0 radical (unpaired) electrons. The van der Waals surface area contributed by atoms with Crippen molar-refractivity contribution >= 4 is 5.97 Å². The second-order valence-electron chi connectivity index (χ2n) is 10.7. The molecule has 4 aliphatic heterocycles. The van der Waals surface area contributed by atoms with Gasteiger partial charge in [0.05, 0.1) is 17.6 Å². The molecule has 0 aromatic heterocycles. The van der Waals surface area contributed by atoms with E-state index in [0.717, 1.165) is 0 Å². The third kappa shape index (κ3) is 1.27. The van der Waals surface area contributed by atoms with E-state index in [4.69, 9.17) is 18.9 Å². The molecule has 3 N–H and O–H groups in total. The SMILES string of the molecule is CC(C)[C@]12O[C@H]1[C@@H]1O[C@@]13[C@@]1(C)[C@H](O)CC4=C(COC4=O)[C@]1(O)C[C@@H]1O[C@@]13[C@]2(C)O. The minimum atomic E-state index is -1.52. The van der Waals surface area contributed by atoms with Crippen LogP contribution in [-0.2, 0) is 23.7 Å². The van der Waals surface area contributed by atoms with Gasteiger partial charge in [0.15, 0.2) is 5.60 Å². The van der Waals surface area contributed by atoms with Gasteiger partial charge in [0.25, 0.3) is 0 Å².